The van der Waals surface area contributed by atoms with Crippen molar-refractivity contribution in [3.63, 3.8) is 0 Å². The first-order valence-corrected chi connectivity index (χ1v) is 8.28. The zero-order valence-electron chi connectivity index (χ0n) is 14.5. The van der Waals surface area contributed by atoms with E-state index in [4.69, 9.17) is 16.3 Å². The summed E-state index contributed by atoms with van der Waals surface area (Å²) >= 11 is 6.04. The van der Waals surface area contributed by atoms with Crippen LogP contribution in [0.1, 0.15) is 23.0 Å². The SMILES string of the molecule is COc1ccc(C(Nc2ncc(C(F)(F)F)cc2Cl)c2nccn2C)cc1. The number of hydrogen-bond donors (Lipinski definition) is 1. The number of nitrogens with zero attached hydrogens (tertiary/aromatic N) is 3. The molecule has 0 aliphatic carbocycles. The van der Waals surface area contributed by atoms with Gasteiger partial charge in [0.25, 0.3) is 0 Å². The largest absolute Gasteiger partial charge is 0.497 e. The lowest BCUT2D eigenvalue weighted by molar-refractivity contribution is -0.137. The Morgan fingerprint density at radius 2 is 1.89 bits per heavy atom. The molecule has 3 rings (SSSR count). The lowest BCUT2D eigenvalue weighted by Gasteiger charge is -2.21. The van der Waals surface area contributed by atoms with Gasteiger partial charge in [0.15, 0.2) is 0 Å². The van der Waals surface area contributed by atoms with Crippen molar-refractivity contribution in [2.24, 2.45) is 7.05 Å². The first-order chi connectivity index (χ1) is 12.8. The molecule has 5 nitrogen and oxygen atoms in total. The minimum absolute atomic E-state index is 0.127. The smallest absolute Gasteiger partial charge is 0.417 e. The number of nitrogens with one attached hydrogen (secondary N) is 1. The summed E-state index contributed by atoms with van der Waals surface area (Å²) in [6, 6.07) is 7.62. The Hall–Kier alpha value is -2.74. The van der Waals surface area contributed by atoms with E-state index in [0.29, 0.717) is 11.6 Å². The summed E-state index contributed by atoms with van der Waals surface area (Å²) in [7, 11) is 3.39. The minimum atomic E-state index is -4.51. The van der Waals surface area contributed by atoms with Crippen molar-refractivity contribution in [2.45, 2.75) is 12.2 Å². The number of hydrogen-bond acceptors (Lipinski definition) is 4. The van der Waals surface area contributed by atoms with Crippen LogP contribution in [0, 0.1) is 0 Å². The summed E-state index contributed by atoms with van der Waals surface area (Å²) in [5, 5.41) is 2.96. The van der Waals surface area contributed by atoms with E-state index in [2.05, 4.69) is 15.3 Å². The fraction of sp³-hybridized carbons (Fsp3) is 0.222. The average molecular weight is 397 g/mol. The van der Waals surface area contributed by atoms with Crippen molar-refractivity contribution in [3.05, 3.63) is 70.9 Å². The van der Waals surface area contributed by atoms with Gasteiger partial charge in [0.2, 0.25) is 0 Å². The number of halogens is 4. The van der Waals surface area contributed by atoms with Gasteiger partial charge >= 0.3 is 6.18 Å². The number of alkyl halides is 3. The molecular weight excluding hydrogens is 381 g/mol. The van der Waals surface area contributed by atoms with Crippen LogP contribution < -0.4 is 10.1 Å². The van der Waals surface area contributed by atoms with Gasteiger partial charge in [-0.25, -0.2) is 9.97 Å². The molecule has 2 aromatic heterocycles. The molecule has 3 aromatic rings. The third kappa shape index (κ3) is 4.16. The van der Waals surface area contributed by atoms with Crippen molar-refractivity contribution >= 4 is 17.4 Å². The van der Waals surface area contributed by atoms with E-state index in [1.54, 1.807) is 36.2 Å². The number of aryl methyl sites for hydroxylation is 1. The maximum absolute atomic E-state index is 12.8. The maximum Gasteiger partial charge on any atom is 0.417 e. The molecule has 0 saturated carbocycles. The van der Waals surface area contributed by atoms with Gasteiger partial charge in [-0.15, -0.1) is 0 Å². The van der Waals surface area contributed by atoms with Gasteiger partial charge in [-0.3, -0.25) is 0 Å². The average Bonchev–Trinajstić information content (AvgIpc) is 3.06. The molecule has 0 bridgehead atoms. The topological polar surface area (TPSA) is 52.0 Å². The molecular formula is C18H16ClF3N4O. The van der Waals surface area contributed by atoms with Gasteiger partial charge in [-0.1, -0.05) is 23.7 Å². The van der Waals surface area contributed by atoms with Crippen LogP contribution in [0.15, 0.2) is 48.9 Å². The van der Waals surface area contributed by atoms with E-state index in [1.807, 2.05) is 19.2 Å². The quantitative estimate of drug-likeness (QED) is 0.679. The number of methoxy groups -OCH3 is 1. The highest BCUT2D eigenvalue weighted by Crippen LogP contribution is 2.34. The molecule has 1 unspecified atom stereocenters. The van der Waals surface area contributed by atoms with Crippen LogP contribution in [-0.4, -0.2) is 21.6 Å². The van der Waals surface area contributed by atoms with Gasteiger partial charge < -0.3 is 14.6 Å². The Morgan fingerprint density at radius 1 is 1.19 bits per heavy atom. The van der Waals surface area contributed by atoms with Crippen LogP contribution >= 0.6 is 11.6 Å². The van der Waals surface area contributed by atoms with E-state index in [1.165, 1.54) is 0 Å². The van der Waals surface area contributed by atoms with Crippen molar-refractivity contribution in [1.82, 2.24) is 14.5 Å². The number of aromatic nitrogens is 3. The first-order valence-electron chi connectivity index (χ1n) is 7.90. The molecule has 0 aliphatic heterocycles. The highest BCUT2D eigenvalue weighted by atomic mass is 35.5. The van der Waals surface area contributed by atoms with Crippen LogP contribution in [-0.2, 0) is 13.2 Å². The molecule has 0 amide bonds. The van der Waals surface area contributed by atoms with Gasteiger partial charge in [-0.05, 0) is 23.8 Å². The summed E-state index contributed by atoms with van der Waals surface area (Å²) < 4.78 is 45.5. The molecule has 0 aliphatic rings. The van der Waals surface area contributed by atoms with E-state index >= 15 is 0 Å². The number of pyridine rings is 1. The fourth-order valence-electron chi connectivity index (χ4n) is 2.58. The first kappa shape index (κ1) is 19.0. The monoisotopic (exact) mass is 396 g/mol. The van der Waals surface area contributed by atoms with Crippen molar-refractivity contribution in [2.75, 3.05) is 12.4 Å². The number of anilines is 1. The summed E-state index contributed by atoms with van der Waals surface area (Å²) in [5.41, 5.74) is -0.0843. The second-order valence-electron chi connectivity index (χ2n) is 5.80. The molecule has 1 atom stereocenters. The van der Waals surface area contributed by atoms with Crippen molar-refractivity contribution < 1.29 is 17.9 Å². The van der Waals surface area contributed by atoms with Gasteiger partial charge in [-0.2, -0.15) is 13.2 Å². The molecule has 142 valence electrons. The summed E-state index contributed by atoms with van der Waals surface area (Å²) in [6.45, 7) is 0. The zero-order chi connectivity index (χ0) is 19.6. The van der Waals surface area contributed by atoms with Gasteiger partial charge in [0.05, 0.1) is 17.7 Å². The molecule has 9 heteroatoms. The van der Waals surface area contributed by atoms with Crippen LogP contribution in [0.4, 0.5) is 19.0 Å². The summed E-state index contributed by atoms with van der Waals surface area (Å²) in [6.07, 6.45) is -0.355. The molecule has 1 aromatic carbocycles. The highest BCUT2D eigenvalue weighted by Gasteiger charge is 2.32. The molecule has 0 radical (unpaired) electrons. The Balaban J connectivity index is 1.98. The molecule has 0 saturated heterocycles. The highest BCUT2D eigenvalue weighted by molar-refractivity contribution is 6.33. The normalized spacial score (nSPS) is 12.7. The molecule has 1 N–H and O–H groups in total. The van der Waals surface area contributed by atoms with E-state index in [-0.39, 0.29) is 10.8 Å². The zero-order valence-corrected chi connectivity index (χ0v) is 15.2. The summed E-state index contributed by atoms with van der Waals surface area (Å²) in [5.74, 6) is 1.47. The van der Waals surface area contributed by atoms with Gasteiger partial charge in [0.1, 0.15) is 23.4 Å². The Kier molecular flexibility index (Phi) is 5.27. The third-order valence-electron chi connectivity index (χ3n) is 4.02. The Labute approximate surface area is 158 Å². The maximum atomic E-state index is 12.8. The van der Waals surface area contributed by atoms with Crippen molar-refractivity contribution in [3.8, 4) is 5.75 Å². The number of rotatable bonds is 5. The lowest BCUT2D eigenvalue weighted by Crippen LogP contribution is -2.18. The lowest BCUT2D eigenvalue weighted by atomic mass is 10.1. The third-order valence-corrected chi connectivity index (χ3v) is 4.30. The molecule has 0 spiro atoms. The fourth-order valence-corrected chi connectivity index (χ4v) is 2.81. The van der Waals surface area contributed by atoms with E-state index < -0.39 is 17.8 Å². The summed E-state index contributed by atoms with van der Waals surface area (Å²) in [4.78, 5) is 8.19. The Bertz CT molecular complexity index is 925. The number of imidazole rings is 1. The van der Waals surface area contributed by atoms with E-state index in [9.17, 15) is 13.2 Å². The van der Waals surface area contributed by atoms with Crippen LogP contribution in [0.2, 0.25) is 5.02 Å². The van der Waals surface area contributed by atoms with E-state index in [0.717, 1.165) is 17.8 Å². The Morgan fingerprint density at radius 3 is 2.41 bits per heavy atom. The molecule has 0 fully saturated rings. The van der Waals surface area contributed by atoms with Gasteiger partial charge in [0, 0.05) is 25.6 Å². The van der Waals surface area contributed by atoms with Crippen molar-refractivity contribution in [1.29, 1.82) is 0 Å². The number of benzene rings is 1. The second kappa shape index (κ2) is 7.48. The molecule has 2 heterocycles. The second-order valence-corrected chi connectivity index (χ2v) is 6.21. The van der Waals surface area contributed by atoms with Crippen LogP contribution in [0.3, 0.4) is 0 Å². The molecule has 27 heavy (non-hydrogen) atoms. The number of ether oxygens (including phenoxy) is 1. The predicted octanol–water partition coefficient (Wildman–Crippen LogP) is 4.70. The van der Waals surface area contributed by atoms with Crippen LogP contribution in [0.5, 0.6) is 5.75 Å². The standard InChI is InChI=1S/C18H16ClF3N4O/c1-26-8-7-23-17(26)15(11-3-5-13(27-2)6-4-11)25-16-14(19)9-12(10-24-16)18(20,21)22/h3-10,15H,1-2H3,(H,24,25). The van der Waals surface area contributed by atoms with Crippen LogP contribution in [0.25, 0.3) is 0 Å². The predicted molar refractivity (Wildman–Crippen MR) is 95.9 cm³/mol. The minimum Gasteiger partial charge on any atom is -0.497 e.